The van der Waals surface area contributed by atoms with Crippen molar-refractivity contribution in [2.75, 3.05) is 14.2 Å². The molecule has 27 heavy (non-hydrogen) atoms. The van der Waals surface area contributed by atoms with Crippen molar-refractivity contribution in [3.8, 4) is 11.5 Å². The molecule has 1 atom stereocenters. The van der Waals surface area contributed by atoms with Crippen molar-refractivity contribution in [1.29, 1.82) is 0 Å². The number of quaternary nitrogens is 1. The maximum atomic E-state index is 12.4. The molecule has 0 radical (unpaired) electrons. The van der Waals surface area contributed by atoms with Crippen LogP contribution in [-0.2, 0) is 6.54 Å². The van der Waals surface area contributed by atoms with Crippen molar-refractivity contribution < 1.29 is 14.8 Å². The van der Waals surface area contributed by atoms with E-state index in [-0.39, 0.29) is 11.6 Å². The molecule has 3 aromatic rings. The predicted molar refractivity (Wildman–Crippen MR) is 106 cm³/mol. The lowest BCUT2D eigenvalue weighted by Gasteiger charge is -2.13. The molecule has 3 N–H and O–H groups in total. The SMILES string of the molecule is COc1cc2nc(C[NH2+][C@@H](C)c3ccc(Cl)cc3Cl)[nH]c(=O)c2cc1OC. The van der Waals surface area contributed by atoms with Gasteiger partial charge in [0, 0.05) is 16.7 Å². The quantitative estimate of drug-likeness (QED) is 0.656. The van der Waals surface area contributed by atoms with E-state index in [1.807, 2.05) is 24.4 Å². The summed E-state index contributed by atoms with van der Waals surface area (Å²) in [5.41, 5.74) is 1.30. The highest BCUT2D eigenvalue weighted by atomic mass is 35.5. The average molecular weight is 409 g/mol. The number of aromatic nitrogens is 2. The lowest BCUT2D eigenvalue weighted by molar-refractivity contribution is -0.708. The standard InChI is InChI=1S/C19H19Cl2N3O3/c1-10(12-5-4-11(20)6-14(12)21)22-9-18-23-15-8-17(27-3)16(26-2)7-13(15)19(25)24-18/h4-8,10,22H,9H2,1-3H3,(H,23,24,25)/p+1/t10-/m0/s1. The maximum absolute atomic E-state index is 12.4. The summed E-state index contributed by atoms with van der Waals surface area (Å²) in [5, 5.41) is 3.70. The van der Waals surface area contributed by atoms with Crippen molar-refractivity contribution in [3.05, 3.63) is 62.1 Å². The number of aromatic amines is 1. The van der Waals surface area contributed by atoms with Gasteiger partial charge in [-0.25, -0.2) is 4.98 Å². The van der Waals surface area contributed by atoms with Gasteiger partial charge < -0.3 is 19.8 Å². The number of hydrogen-bond donors (Lipinski definition) is 2. The van der Waals surface area contributed by atoms with Gasteiger partial charge in [-0.15, -0.1) is 0 Å². The number of halogens is 2. The number of H-pyrrole nitrogens is 1. The van der Waals surface area contributed by atoms with Crippen molar-refractivity contribution >= 4 is 34.1 Å². The molecule has 0 aliphatic carbocycles. The van der Waals surface area contributed by atoms with E-state index in [1.54, 1.807) is 25.3 Å². The number of methoxy groups -OCH3 is 2. The van der Waals surface area contributed by atoms with Crippen LogP contribution < -0.4 is 20.3 Å². The zero-order valence-electron chi connectivity index (χ0n) is 15.2. The fourth-order valence-corrected chi connectivity index (χ4v) is 3.48. The second kappa shape index (κ2) is 8.17. The molecule has 3 rings (SSSR count). The van der Waals surface area contributed by atoms with Crippen molar-refractivity contribution in [2.24, 2.45) is 0 Å². The molecule has 0 aliphatic rings. The fourth-order valence-electron chi connectivity index (χ4n) is 2.90. The predicted octanol–water partition coefficient (Wildman–Crippen LogP) is 3.07. The third-order valence-electron chi connectivity index (χ3n) is 4.38. The minimum atomic E-state index is -0.221. The molecular formula is C19H20Cl2N3O3+. The van der Waals surface area contributed by atoms with E-state index >= 15 is 0 Å². The van der Waals surface area contributed by atoms with Crippen molar-refractivity contribution in [2.45, 2.75) is 19.5 Å². The zero-order chi connectivity index (χ0) is 19.6. The lowest BCUT2D eigenvalue weighted by atomic mass is 10.1. The summed E-state index contributed by atoms with van der Waals surface area (Å²) in [6.07, 6.45) is 0. The molecule has 142 valence electrons. The summed E-state index contributed by atoms with van der Waals surface area (Å²) >= 11 is 12.2. The Kier molecular flexibility index (Phi) is 5.89. The van der Waals surface area contributed by atoms with Crippen LogP contribution in [0, 0.1) is 0 Å². The highest BCUT2D eigenvalue weighted by molar-refractivity contribution is 6.35. The van der Waals surface area contributed by atoms with E-state index in [2.05, 4.69) is 9.97 Å². The molecular weight excluding hydrogens is 389 g/mol. The van der Waals surface area contributed by atoms with Crippen LogP contribution in [0.3, 0.4) is 0 Å². The zero-order valence-corrected chi connectivity index (χ0v) is 16.7. The molecule has 0 unspecified atom stereocenters. The third kappa shape index (κ3) is 4.18. The minimum absolute atomic E-state index is 0.0705. The van der Waals surface area contributed by atoms with Gasteiger partial charge in [0.2, 0.25) is 0 Å². The molecule has 0 spiro atoms. The van der Waals surface area contributed by atoms with Gasteiger partial charge >= 0.3 is 0 Å². The Hall–Kier alpha value is -2.28. The molecule has 8 heteroatoms. The Balaban J connectivity index is 1.85. The molecule has 0 amide bonds. The Morgan fingerprint density at radius 2 is 1.85 bits per heavy atom. The molecule has 0 saturated carbocycles. The summed E-state index contributed by atoms with van der Waals surface area (Å²) in [5.74, 6) is 1.58. The number of rotatable bonds is 6. The molecule has 0 aliphatic heterocycles. The lowest BCUT2D eigenvalue weighted by Crippen LogP contribution is -2.83. The van der Waals surface area contributed by atoms with Gasteiger partial charge in [-0.3, -0.25) is 4.79 Å². The fraction of sp³-hybridized carbons (Fsp3) is 0.263. The van der Waals surface area contributed by atoms with Gasteiger partial charge in [0.05, 0.1) is 30.1 Å². The summed E-state index contributed by atoms with van der Waals surface area (Å²) in [7, 11) is 3.07. The monoisotopic (exact) mass is 408 g/mol. The van der Waals surface area contributed by atoms with Crippen molar-refractivity contribution in [1.82, 2.24) is 9.97 Å². The van der Waals surface area contributed by atoms with Crippen LogP contribution in [-0.4, -0.2) is 24.2 Å². The average Bonchev–Trinajstić information content (AvgIpc) is 2.65. The maximum Gasteiger partial charge on any atom is 0.259 e. The van der Waals surface area contributed by atoms with Crippen LogP contribution >= 0.6 is 23.2 Å². The highest BCUT2D eigenvalue weighted by Crippen LogP contribution is 2.30. The smallest absolute Gasteiger partial charge is 0.259 e. The van der Waals surface area contributed by atoms with E-state index in [1.165, 1.54) is 7.11 Å². The van der Waals surface area contributed by atoms with Gasteiger partial charge in [0.15, 0.2) is 17.3 Å². The van der Waals surface area contributed by atoms with Crippen LogP contribution in [0.1, 0.15) is 24.4 Å². The van der Waals surface area contributed by atoms with Gasteiger partial charge in [-0.2, -0.15) is 0 Å². The number of benzene rings is 2. The summed E-state index contributed by atoms with van der Waals surface area (Å²) in [6.45, 7) is 2.52. The largest absolute Gasteiger partial charge is 0.493 e. The first-order valence-corrected chi connectivity index (χ1v) is 9.11. The number of ether oxygens (including phenoxy) is 2. The van der Waals surface area contributed by atoms with Crippen LogP contribution in [0.4, 0.5) is 0 Å². The number of nitrogens with two attached hydrogens (primary N) is 1. The summed E-state index contributed by atoms with van der Waals surface area (Å²) in [4.78, 5) is 19.8. The topological polar surface area (TPSA) is 80.8 Å². The van der Waals surface area contributed by atoms with Gasteiger partial charge in [0.1, 0.15) is 12.6 Å². The first-order valence-electron chi connectivity index (χ1n) is 8.36. The van der Waals surface area contributed by atoms with E-state index in [0.717, 1.165) is 5.56 Å². The number of nitrogens with one attached hydrogen (secondary N) is 1. The molecule has 1 aromatic heterocycles. The molecule has 2 aromatic carbocycles. The van der Waals surface area contributed by atoms with E-state index < -0.39 is 0 Å². The highest BCUT2D eigenvalue weighted by Gasteiger charge is 2.15. The second-order valence-corrected chi connectivity index (χ2v) is 6.97. The number of fused-ring (bicyclic) bond motifs is 1. The molecule has 0 fully saturated rings. The van der Waals surface area contributed by atoms with E-state index in [0.29, 0.717) is 44.8 Å². The minimum Gasteiger partial charge on any atom is -0.493 e. The number of hydrogen-bond acceptors (Lipinski definition) is 4. The molecule has 6 nitrogen and oxygen atoms in total. The Morgan fingerprint density at radius 1 is 1.15 bits per heavy atom. The van der Waals surface area contributed by atoms with Gasteiger partial charge in [0.25, 0.3) is 5.56 Å². The second-order valence-electron chi connectivity index (χ2n) is 6.13. The van der Waals surface area contributed by atoms with Gasteiger partial charge in [-0.1, -0.05) is 29.3 Å². The molecule has 0 bridgehead atoms. The third-order valence-corrected chi connectivity index (χ3v) is 4.94. The Morgan fingerprint density at radius 3 is 2.52 bits per heavy atom. The summed E-state index contributed by atoms with van der Waals surface area (Å²) in [6, 6.07) is 8.83. The molecule has 1 heterocycles. The van der Waals surface area contributed by atoms with Crippen LogP contribution in [0.25, 0.3) is 10.9 Å². The first kappa shape index (κ1) is 19.5. The van der Waals surface area contributed by atoms with E-state index in [4.69, 9.17) is 32.7 Å². The number of nitrogens with zero attached hydrogens (tertiary/aromatic N) is 1. The normalized spacial score (nSPS) is 12.2. The van der Waals surface area contributed by atoms with Crippen LogP contribution in [0.2, 0.25) is 10.0 Å². The molecule has 0 saturated heterocycles. The van der Waals surface area contributed by atoms with Crippen LogP contribution in [0.5, 0.6) is 11.5 Å². The van der Waals surface area contributed by atoms with Crippen LogP contribution in [0.15, 0.2) is 35.1 Å². The first-order chi connectivity index (χ1) is 12.9. The van der Waals surface area contributed by atoms with Gasteiger partial charge in [-0.05, 0) is 25.1 Å². The Labute approximate surface area is 166 Å². The Bertz CT molecular complexity index is 1040. The van der Waals surface area contributed by atoms with Crippen molar-refractivity contribution in [3.63, 3.8) is 0 Å². The summed E-state index contributed by atoms with van der Waals surface area (Å²) < 4.78 is 10.5. The van der Waals surface area contributed by atoms with E-state index in [9.17, 15) is 4.79 Å².